The zero-order chi connectivity index (χ0) is 17.5. The largest absolute Gasteiger partial charge is 0.493 e. The summed E-state index contributed by atoms with van der Waals surface area (Å²) in [7, 11) is 1.27. The summed E-state index contributed by atoms with van der Waals surface area (Å²) in [4.78, 5) is 4.00. The molecule has 0 radical (unpaired) electrons. The molecule has 24 heavy (non-hydrogen) atoms. The molecule has 1 aromatic heterocycles. The van der Waals surface area contributed by atoms with Crippen molar-refractivity contribution in [1.29, 1.82) is 0 Å². The predicted octanol–water partition coefficient (Wildman–Crippen LogP) is 1.75. The minimum Gasteiger partial charge on any atom is -0.493 e. The first-order valence-corrected chi connectivity index (χ1v) is 9.07. The molecule has 0 bridgehead atoms. The molecule has 0 saturated heterocycles. The number of sulfonamides is 1. The highest BCUT2D eigenvalue weighted by Gasteiger charge is 2.35. The Kier molecular flexibility index (Phi) is 4.27. The summed E-state index contributed by atoms with van der Waals surface area (Å²) in [5.41, 5.74) is 2.01. The van der Waals surface area contributed by atoms with Crippen LogP contribution in [0.5, 0.6) is 11.5 Å². The van der Waals surface area contributed by atoms with E-state index < -0.39 is 10.0 Å². The summed E-state index contributed by atoms with van der Waals surface area (Å²) >= 11 is 0. The summed E-state index contributed by atoms with van der Waals surface area (Å²) in [6.07, 6.45) is 3.63. The van der Waals surface area contributed by atoms with Gasteiger partial charge >= 0.3 is 0 Å². The van der Waals surface area contributed by atoms with Gasteiger partial charge in [-0.2, -0.15) is 4.31 Å². The number of imidazole rings is 1. The molecule has 3 rings (SSSR count). The molecule has 1 aliphatic heterocycles. The third-order valence-corrected chi connectivity index (χ3v) is 6.24. The van der Waals surface area contributed by atoms with Crippen LogP contribution in [0, 0.1) is 0 Å². The second-order valence-corrected chi connectivity index (χ2v) is 7.66. The lowest BCUT2D eigenvalue weighted by molar-refractivity contribution is 0.318. The number of fused-ring (bicyclic) bond motifs is 1. The van der Waals surface area contributed by atoms with Gasteiger partial charge in [-0.25, -0.2) is 13.4 Å². The molecule has 8 heteroatoms. The number of ether oxygens (including phenoxy) is 2. The fourth-order valence-electron chi connectivity index (χ4n) is 3.09. The van der Waals surface area contributed by atoms with Crippen molar-refractivity contribution in [3.63, 3.8) is 0 Å². The van der Waals surface area contributed by atoms with Crippen LogP contribution >= 0.6 is 0 Å². The maximum atomic E-state index is 12.9. The van der Waals surface area contributed by atoms with Gasteiger partial charge < -0.3 is 14.0 Å². The highest BCUT2D eigenvalue weighted by molar-refractivity contribution is 7.89. The minimum atomic E-state index is -3.64. The molecule has 2 heterocycles. The lowest BCUT2D eigenvalue weighted by Crippen LogP contribution is -2.39. The van der Waals surface area contributed by atoms with E-state index in [-0.39, 0.29) is 11.1 Å². The van der Waals surface area contributed by atoms with Gasteiger partial charge in [0.25, 0.3) is 10.0 Å². The molecule has 0 fully saturated rings. The SMILES string of the molecule is COc1cc2c(cc1OC)[C@@H](C)N(S(=O)(=O)c1cn(C)cn1)CC2. The van der Waals surface area contributed by atoms with Gasteiger partial charge in [-0.3, -0.25) is 0 Å². The van der Waals surface area contributed by atoms with E-state index in [2.05, 4.69) is 4.98 Å². The van der Waals surface area contributed by atoms with E-state index in [1.54, 1.807) is 25.8 Å². The molecular weight excluding hydrogens is 330 g/mol. The Morgan fingerprint density at radius 3 is 2.46 bits per heavy atom. The number of methoxy groups -OCH3 is 2. The van der Waals surface area contributed by atoms with E-state index >= 15 is 0 Å². The summed E-state index contributed by atoms with van der Waals surface area (Å²) in [5.74, 6) is 1.25. The molecule has 2 aromatic rings. The van der Waals surface area contributed by atoms with Crippen LogP contribution in [0.3, 0.4) is 0 Å². The highest BCUT2D eigenvalue weighted by Crippen LogP contribution is 2.39. The van der Waals surface area contributed by atoms with Gasteiger partial charge in [-0.1, -0.05) is 0 Å². The van der Waals surface area contributed by atoms with E-state index in [1.807, 2.05) is 19.1 Å². The van der Waals surface area contributed by atoms with Gasteiger partial charge in [0, 0.05) is 25.8 Å². The van der Waals surface area contributed by atoms with Crippen LogP contribution in [0.25, 0.3) is 0 Å². The average molecular weight is 351 g/mol. The van der Waals surface area contributed by atoms with Crippen LogP contribution in [-0.4, -0.2) is 43.0 Å². The molecule has 0 amide bonds. The number of benzene rings is 1. The van der Waals surface area contributed by atoms with Gasteiger partial charge in [0.15, 0.2) is 16.5 Å². The zero-order valence-electron chi connectivity index (χ0n) is 14.2. The van der Waals surface area contributed by atoms with E-state index in [9.17, 15) is 8.42 Å². The van der Waals surface area contributed by atoms with Gasteiger partial charge in [0.2, 0.25) is 0 Å². The third kappa shape index (κ3) is 2.65. The van der Waals surface area contributed by atoms with Crippen LogP contribution in [0.1, 0.15) is 24.1 Å². The Labute approximate surface area is 141 Å². The predicted molar refractivity (Wildman–Crippen MR) is 88.8 cm³/mol. The van der Waals surface area contributed by atoms with Gasteiger partial charge in [0.05, 0.1) is 20.5 Å². The number of aromatic nitrogens is 2. The van der Waals surface area contributed by atoms with Gasteiger partial charge in [0.1, 0.15) is 0 Å². The average Bonchev–Trinajstić information content (AvgIpc) is 3.01. The quantitative estimate of drug-likeness (QED) is 0.839. The molecule has 1 atom stereocenters. The van der Waals surface area contributed by atoms with Gasteiger partial charge in [-0.15, -0.1) is 0 Å². The lowest BCUT2D eigenvalue weighted by Gasteiger charge is -2.34. The normalized spacial score (nSPS) is 18.2. The summed E-state index contributed by atoms with van der Waals surface area (Å²) in [6, 6.07) is 3.48. The molecular formula is C16H21N3O4S. The highest BCUT2D eigenvalue weighted by atomic mass is 32.2. The molecule has 7 nitrogen and oxygen atoms in total. The molecule has 0 spiro atoms. The first-order valence-electron chi connectivity index (χ1n) is 7.63. The van der Waals surface area contributed by atoms with Gasteiger partial charge in [-0.05, 0) is 36.6 Å². The second-order valence-electron chi connectivity index (χ2n) is 5.83. The second kappa shape index (κ2) is 6.10. The Hall–Kier alpha value is -2.06. The lowest BCUT2D eigenvalue weighted by atomic mass is 9.94. The van der Waals surface area contributed by atoms with Crippen molar-refractivity contribution < 1.29 is 17.9 Å². The third-order valence-electron chi connectivity index (χ3n) is 4.38. The fraction of sp³-hybridized carbons (Fsp3) is 0.438. The number of hydrogen-bond acceptors (Lipinski definition) is 5. The van der Waals surface area contributed by atoms with Crippen molar-refractivity contribution in [3.8, 4) is 11.5 Å². The summed E-state index contributed by atoms with van der Waals surface area (Å²) < 4.78 is 39.6. The van der Waals surface area contributed by atoms with Crippen molar-refractivity contribution in [3.05, 3.63) is 35.8 Å². The first-order chi connectivity index (χ1) is 11.4. The topological polar surface area (TPSA) is 73.7 Å². The van der Waals surface area contributed by atoms with Crippen molar-refractivity contribution in [2.24, 2.45) is 7.05 Å². The zero-order valence-corrected chi connectivity index (χ0v) is 15.0. The summed E-state index contributed by atoms with van der Waals surface area (Å²) in [6.45, 7) is 2.28. The minimum absolute atomic E-state index is 0.0702. The Balaban J connectivity index is 2.02. The monoisotopic (exact) mass is 351 g/mol. The number of aryl methyl sites for hydroxylation is 1. The molecule has 0 aliphatic carbocycles. The van der Waals surface area contributed by atoms with E-state index in [1.165, 1.54) is 16.8 Å². The molecule has 130 valence electrons. The maximum Gasteiger partial charge on any atom is 0.262 e. The van der Waals surface area contributed by atoms with Crippen LogP contribution in [0.15, 0.2) is 29.7 Å². The standard InChI is InChI=1S/C16H21N3O4S/c1-11-13-8-15(23-4)14(22-3)7-12(13)5-6-19(11)24(20,21)16-9-18(2)10-17-16/h7-11H,5-6H2,1-4H3/t11-/m1/s1. The van der Waals surface area contributed by atoms with E-state index in [4.69, 9.17) is 9.47 Å². The maximum absolute atomic E-state index is 12.9. The van der Waals surface area contributed by atoms with Crippen molar-refractivity contribution in [2.75, 3.05) is 20.8 Å². The van der Waals surface area contributed by atoms with E-state index in [0.717, 1.165) is 11.1 Å². The first kappa shape index (κ1) is 16.8. The molecule has 0 saturated carbocycles. The number of hydrogen-bond donors (Lipinski definition) is 0. The Morgan fingerprint density at radius 1 is 1.21 bits per heavy atom. The van der Waals surface area contributed by atoms with Crippen LogP contribution in [0.2, 0.25) is 0 Å². The molecule has 0 N–H and O–H groups in total. The van der Waals surface area contributed by atoms with Crippen molar-refractivity contribution >= 4 is 10.0 Å². The number of rotatable bonds is 4. The number of nitrogens with zero attached hydrogens (tertiary/aromatic N) is 3. The van der Waals surface area contributed by atoms with Crippen LogP contribution in [-0.2, 0) is 23.5 Å². The molecule has 0 unspecified atom stereocenters. The smallest absolute Gasteiger partial charge is 0.262 e. The molecule has 1 aromatic carbocycles. The van der Waals surface area contributed by atoms with Crippen LogP contribution in [0.4, 0.5) is 0 Å². The van der Waals surface area contributed by atoms with Crippen LogP contribution < -0.4 is 9.47 Å². The Bertz CT molecular complexity index is 860. The van der Waals surface area contributed by atoms with Crippen molar-refractivity contribution in [1.82, 2.24) is 13.9 Å². The van der Waals surface area contributed by atoms with Crippen molar-refractivity contribution in [2.45, 2.75) is 24.4 Å². The molecule has 1 aliphatic rings. The fourth-order valence-corrected chi connectivity index (χ4v) is 4.67. The van der Waals surface area contributed by atoms with E-state index in [0.29, 0.717) is 24.5 Å². The Morgan fingerprint density at radius 2 is 1.88 bits per heavy atom. The summed E-state index contributed by atoms with van der Waals surface area (Å²) in [5, 5.41) is 0.0702.